The maximum atomic E-state index is 12.5. The summed E-state index contributed by atoms with van der Waals surface area (Å²) in [7, 11) is 0. The summed E-state index contributed by atoms with van der Waals surface area (Å²) in [6, 6.07) is 18.2. The van der Waals surface area contributed by atoms with E-state index in [0.717, 1.165) is 17.7 Å². The molecule has 2 aromatic rings. The summed E-state index contributed by atoms with van der Waals surface area (Å²) in [5, 5.41) is 9.59. The molecule has 1 saturated heterocycles. The molecule has 2 fully saturated rings. The minimum atomic E-state index is -0.345. The number of β-amino-alcohol motifs (C(OH)–C–C–N with tert-alkyl or cyclic N) is 1. The van der Waals surface area contributed by atoms with E-state index >= 15 is 0 Å². The lowest BCUT2D eigenvalue weighted by Crippen LogP contribution is -2.31. The number of carbonyl (C=O) groups excluding carboxylic acids is 1. The van der Waals surface area contributed by atoms with Crippen molar-refractivity contribution in [1.29, 1.82) is 0 Å². The van der Waals surface area contributed by atoms with Gasteiger partial charge in [-0.15, -0.1) is 0 Å². The third-order valence-corrected chi connectivity index (χ3v) is 5.14. The molecular formula is C21H23NO3. The summed E-state index contributed by atoms with van der Waals surface area (Å²) in [5.74, 6) is 1.44. The van der Waals surface area contributed by atoms with Crippen LogP contribution in [0.15, 0.2) is 54.6 Å². The highest BCUT2D eigenvalue weighted by molar-refractivity contribution is 5.83. The third-order valence-electron chi connectivity index (χ3n) is 5.14. The number of ether oxygens (including phenoxy) is 1. The van der Waals surface area contributed by atoms with Crippen molar-refractivity contribution in [1.82, 2.24) is 4.90 Å². The predicted octanol–water partition coefficient (Wildman–Crippen LogP) is 2.96. The van der Waals surface area contributed by atoms with E-state index in [1.807, 2.05) is 47.4 Å². The van der Waals surface area contributed by atoms with E-state index in [9.17, 15) is 9.90 Å². The first-order chi connectivity index (χ1) is 12.2. The monoisotopic (exact) mass is 337 g/mol. The van der Waals surface area contributed by atoms with Gasteiger partial charge in [0, 0.05) is 19.0 Å². The van der Waals surface area contributed by atoms with Crippen molar-refractivity contribution in [2.75, 3.05) is 13.1 Å². The van der Waals surface area contributed by atoms with Crippen molar-refractivity contribution in [3.63, 3.8) is 0 Å². The van der Waals surface area contributed by atoms with Gasteiger partial charge < -0.3 is 14.7 Å². The number of likely N-dealkylation sites (tertiary alicyclic amines) is 1. The van der Waals surface area contributed by atoms with Gasteiger partial charge in [0.25, 0.3) is 0 Å². The lowest BCUT2D eigenvalue weighted by Gasteiger charge is -2.15. The molecule has 4 nitrogen and oxygen atoms in total. The Bertz CT molecular complexity index is 729. The summed E-state index contributed by atoms with van der Waals surface area (Å²) in [4.78, 5) is 14.3. The highest BCUT2D eigenvalue weighted by Gasteiger charge is 2.46. The Kier molecular flexibility index (Phi) is 4.45. The zero-order valence-electron chi connectivity index (χ0n) is 14.2. The second kappa shape index (κ2) is 6.89. The lowest BCUT2D eigenvalue weighted by molar-refractivity contribution is -0.131. The van der Waals surface area contributed by atoms with Gasteiger partial charge in [0.1, 0.15) is 12.4 Å². The maximum absolute atomic E-state index is 12.5. The Hall–Kier alpha value is -2.33. The van der Waals surface area contributed by atoms with Crippen molar-refractivity contribution in [3.05, 3.63) is 65.7 Å². The van der Waals surface area contributed by atoms with Gasteiger partial charge in [0.2, 0.25) is 5.91 Å². The molecule has 2 aromatic carbocycles. The predicted molar refractivity (Wildman–Crippen MR) is 95.3 cm³/mol. The largest absolute Gasteiger partial charge is 0.489 e. The van der Waals surface area contributed by atoms with Crippen LogP contribution < -0.4 is 4.74 Å². The van der Waals surface area contributed by atoms with E-state index < -0.39 is 0 Å². The third kappa shape index (κ3) is 3.69. The zero-order chi connectivity index (χ0) is 17.2. The summed E-state index contributed by atoms with van der Waals surface area (Å²) < 4.78 is 5.81. The van der Waals surface area contributed by atoms with Gasteiger partial charge >= 0.3 is 0 Å². The van der Waals surface area contributed by atoms with E-state index in [1.165, 1.54) is 5.56 Å². The van der Waals surface area contributed by atoms with Crippen LogP contribution in [0.4, 0.5) is 0 Å². The number of amides is 1. The molecule has 1 saturated carbocycles. The van der Waals surface area contributed by atoms with Gasteiger partial charge in [-0.1, -0.05) is 42.5 Å². The van der Waals surface area contributed by atoms with E-state index in [0.29, 0.717) is 32.0 Å². The molecule has 1 N–H and O–H groups in total. The van der Waals surface area contributed by atoms with Crippen molar-refractivity contribution < 1.29 is 14.6 Å². The number of carbonyl (C=O) groups is 1. The number of hydrogen-bond donors (Lipinski definition) is 1. The van der Waals surface area contributed by atoms with Crippen LogP contribution in [0.5, 0.6) is 5.75 Å². The molecule has 25 heavy (non-hydrogen) atoms. The number of nitrogens with zero attached hydrogens (tertiary/aromatic N) is 1. The van der Waals surface area contributed by atoms with Crippen molar-refractivity contribution >= 4 is 5.91 Å². The summed E-state index contributed by atoms with van der Waals surface area (Å²) in [6.07, 6.45) is 1.27. The van der Waals surface area contributed by atoms with Crippen LogP contribution in [0.25, 0.3) is 0 Å². The Morgan fingerprint density at radius 2 is 1.88 bits per heavy atom. The van der Waals surface area contributed by atoms with Crippen LogP contribution in [-0.4, -0.2) is 35.1 Å². The van der Waals surface area contributed by atoms with Gasteiger partial charge in [-0.25, -0.2) is 0 Å². The topological polar surface area (TPSA) is 49.8 Å². The quantitative estimate of drug-likeness (QED) is 0.912. The van der Waals surface area contributed by atoms with E-state index in [-0.39, 0.29) is 17.9 Å². The van der Waals surface area contributed by atoms with E-state index in [1.54, 1.807) is 0 Å². The van der Waals surface area contributed by atoms with Crippen LogP contribution >= 0.6 is 0 Å². The molecule has 0 bridgehead atoms. The fourth-order valence-corrected chi connectivity index (χ4v) is 3.56. The molecule has 4 heteroatoms. The second-order valence-corrected chi connectivity index (χ2v) is 7.02. The number of hydrogen-bond acceptors (Lipinski definition) is 3. The van der Waals surface area contributed by atoms with Crippen molar-refractivity contribution in [2.45, 2.75) is 31.5 Å². The molecule has 1 heterocycles. The number of aliphatic hydroxyl groups is 1. The van der Waals surface area contributed by atoms with Gasteiger partial charge in [-0.05, 0) is 42.0 Å². The molecule has 0 radical (unpaired) electrons. The molecule has 130 valence electrons. The highest BCUT2D eigenvalue weighted by Crippen LogP contribution is 2.49. The molecule has 0 spiro atoms. The van der Waals surface area contributed by atoms with Gasteiger partial charge in [0.05, 0.1) is 6.10 Å². The minimum absolute atomic E-state index is 0.0846. The molecule has 4 rings (SSSR count). The van der Waals surface area contributed by atoms with Crippen LogP contribution in [0.2, 0.25) is 0 Å². The van der Waals surface area contributed by atoms with E-state index in [2.05, 4.69) is 12.1 Å². The standard InChI is InChI=1S/C21H23NO3/c23-17-10-11-22(13-17)21(24)20-12-19(20)16-6-8-18(9-7-16)25-14-15-4-2-1-3-5-15/h1-9,17,19-20,23H,10-14H2/t17-,19?,20?/m1/s1. The minimum Gasteiger partial charge on any atom is -0.489 e. The molecule has 2 aliphatic rings. The highest BCUT2D eigenvalue weighted by atomic mass is 16.5. The summed E-state index contributed by atoms with van der Waals surface area (Å²) in [5.41, 5.74) is 2.34. The summed E-state index contributed by atoms with van der Waals surface area (Å²) >= 11 is 0. The average Bonchev–Trinajstić information content (AvgIpc) is 3.34. The second-order valence-electron chi connectivity index (χ2n) is 7.02. The Morgan fingerprint density at radius 3 is 2.56 bits per heavy atom. The normalized spacial score (nSPS) is 25.0. The Labute approximate surface area is 148 Å². The van der Waals surface area contributed by atoms with Crippen molar-refractivity contribution in [2.24, 2.45) is 5.92 Å². The number of aliphatic hydroxyl groups excluding tert-OH is 1. The molecule has 3 atom stereocenters. The van der Waals surface area contributed by atoms with Crippen LogP contribution in [0.1, 0.15) is 29.9 Å². The average molecular weight is 337 g/mol. The van der Waals surface area contributed by atoms with Gasteiger partial charge in [0.15, 0.2) is 0 Å². The van der Waals surface area contributed by atoms with Gasteiger partial charge in [-0.3, -0.25) is 4.79 Å². The molecule has 0 aromatic heterocycles. The molecule has 1 aliphatic carbocycles. The fourth-order valence-electron chi connectivity index (χ4n) is 3.56. The number of benzene rings is 2. The first kappa shape index (κ1) is 16.2. The Balaban J connectivity index is 1.31. The fraction of sp³-hybridized carbons (Fsp3) is 0.381. The molecule has 1 aliphatic heterocycles. The molecular weight excluding hydrogens is 314 g/mol. The van der Waals surface area contributed by atoms with Gasteiger partial charge in [-0.2, -0.15) is 0 Å². The Morgan fingerprint density at radius 1 is 1.12 bits per heavy atom. The smallest absolute Gasteiger partial charge is 0.226 e. The SMILES string of the molecule is O=C(C1CC1c1ccc(OCc2ccccc2)cc1)N1CC[C@@H](O)C1. The maximum Gasteiger partial charge on any atom is 0.226 e. The zero-order valence-corrected chi connectivity index (χ0v) is 14.2. The lowest BCUT2D eigenvalue weighted by atomic mass is 10.1. The van der Waals surface area contributed by atoms with Crippen molar-refractivity contribution in [3.8, 4) is 5.75 Å². The molecule has 1 amide bonds. The van der Waals surface area contributed by atoms with Crippen LogP contribution in [0, 0.1) is 5.92 Å². The van der Waals surface area contributed by atoms with Crippen LogP contribution in [0.3, 0.4) is 0 Å². The first-order valence-corrected chi connectivity index (χ1v) is 8.94. The summed E-state index contributed by atoms with van der Waals surface area (Å²) in [6.45, 7) is 1.74. The van der Waals surface area contributed by atoms with Crippen LogP contribution in [-0.2, 0) is 11.4 Å². The number of rotatable bonds is 5. The van der Waals surface area contributed by atoms with E-state index in [4.69, 9.17) is 4.74 Å². The molecule has 2 unspecified atom stereocenters. The first-order valence-electron chi connectivity index (χ1n) is 8.94.